The van der Waals surface area contributed by atoms with E-state index in [1.165, 1.54) is 31.4 Å². The molecule has 0 radical (unpaired) electrons. The molecule has 178 valence electrons. The van der Waals surface area contributed by atoms with Crippen LogP contribution in [0.1, 0.15) is 65.9 Å². The maximum absolute atomic E-state index is 9.35. The summed E-state index contributed by atoms with van der Waals surface area (Å²) in [5.41, 5.74) is 7.37. The van der Waals surface area contributed by atoms with Gasteiger partial charge in [-0.1, -0.05) is 66.2 Å². The Bertz CT molecular complexity index is 992. The molecule has 0 bridgehead atoms. The van der Waals surface area contributed by atoms with Gasteiger partial charge in [-0.25, -0.2) is 4.98 Å². The van der Waals surface area contributed by atoms with Gasteiger partial charge in [0.25, 0.3) is 0 Å². The Labute approximate surface area is 199 Å². The maximum atomic E-state index is 9.35. The van der Waals surface area contributed by atoms with Crippen molar-refractivity contribution in [3.05, 3.63) is 60.9 Å². The molecule has 2 aromatic heterocycles. The molecule has 3 aromatic rings. The topological polar surface area (TPSA) is 61.3 Å². The van der Waals surface area contributed by atoms with E-state index in [1.54, 1.807) is 12.4 Å². The molecule has 0 aliphatic carbocycles. The van der Waals surface area contributed by atoms with Crippen LogP contribution in [0.25, 0.3) is 27.9 Å². The number of rotatable bonds is 6. The van der Waals surface area contributed by atoms with E-state index in [9.17, 15) is 5.21 Å². The van der Waals surface area contributed by atoms with Gasteiger partial charge in [0.05, 0.1) is 16.9 Å². The molecule has 1 aliphatic heterocycles. The van der Waals surface area contributed by atoms with Crippen LogP contribution in [0.2, 0.25) is 0 Å². The minimum Gasteiger partial charge on any atom is -0.372 e. The predicted octanol–water partition coefficient (Wildman–Crippen LogP) is 7.32. The minimum atomic E-state index is 0.429. The third kappa shape index (κ3) is 6.55. The molecule has 33 heavy (non-hydrogen) atoms. The van der Waals surface area contributed by atoms with E-state index < -0.39 is 0 Å². The zero-order chi connectivity index (χ0) is 24.2. The zero-order valence-corrected chi connectivity index (χ0v) is 20.9. The Morgan fingerprint density at radius 2 is 1.76 bits per heavy atom. The van der Waals surface area contributed by atoms with Crippen LogP contribution in [0, 0.1) is 5.92 Å². The molecule has 1 fully saturated rings. The fraction of sp³-hybridized carbons (Fsp3) is 0.429. The first kappa shape index (κ1) is 26.3. The van der Waals surface area contributed by atoms with E-state index in [0.717, 1.165) is 46.7 Å². The number of nitrogens with one attached hydrogen (secondary N) is 1. The number of hydrogen-bond acceptors (Lipinski definition) is 5. The van der Waals surface area contributed by atoms with Crippen molar-refractivity contribution < 1.29 is 5.21 Å². The summed E-state index contributed by atoms with van der Waals surface area (Å²) >= 11 is 0. The molecule has 1 aliphatic rings. The smallest absolute Gasteiger partial charge is 0.0747 e. The fourth-order valence-electron chi connectivity index (χ4n) is 4.26. The molecule has 4 rings (SSSR count). The fourth-order valence-corrected chi connectivity index (χ4v) is 4.26. The van der Waals surface area contributed by atoms with Crippen LogP contribution in [-0.2, 0) is 0 Å². The first-order valence-corrected chi connectivity index (χ1v) is 12.4. The highest BCUT2D eigenvalue weighted by Crippen LogP contribution is 2.30. The number of benzene rings is 1. The third-order valence-corrected chi connectivity index (χ3v) is 5.91. The summed E-state index contributed by atoms with van der Waals surface area (Å²) in [6.07, 6.45) is 8.68. The lowest BCUT2D eigenvalue weighted by Gasteiger charge is -2.33. The number of aromatic nitrogens is 2. The summed E-state index contributed by atoms with van der Waals surface area (Å²) in [7, 11) is 0. The lowest BCUT2D eigenvalue weighted by molar-refractivity contribution is 0.225. The summed E-state index contributed by atoms with van der Waals surface area (Å²) in [6.45, 7) is 16.4. The van der Waals surface area contributed by atoms with Crippen LogP contribution in [0.5, 0.6) is 0 Å². The van der Waals surface area contributed by atoms with Crippen molar-refractivity contribution >= 4 is 22.3 Å². The molecule has 3 heterocycles. The summed E-state index contributed by atoms with van der Waals surface area (Å²) in [5.74, 6) is 0.887. The standard InChI is InChI=1S/C24H28N4O.2C2H6/c1-3-4-18-10-13-28(14-11-18)20-7-5-19(6-8-20)24-15-21(17(2)27-29)22-16-25-12-9-23(22)26-24;2*1-2/h5-9,12,15-16,18,27,29H,2-4,10-11,13-14H2,1H3;2*1-2H3. The van der Waals surface area contributed by atoms with Crippen molar-refractivity contribution in [3.8, 4) is 11.3 Å². The Morgan fingerprint density at radius 1 is 1.09 bits per heavy atom. The second kappa shape index (κ2) is 13.6. The lowest BCUT2D eigenvalue weighted by atomic mass is 9.92. The van der Waals surface area contributed by atoms with Gasteiger partial charge in [-0.3, -0.25) is 15.7 Å². The van der Waals surface area contributed by atoms with Gasteiger partial charge in [0.2, 0.25) is 0 Å². The van der Waals surface area contributed by atoms with Crippen molar-refractivity contribution in [1.29, 1.82) is 0 Å². The van der Waals surface area contributed by atoms with Crippen molar-refractivity contribution in [3.63, 3.8) is 0 Å². The maximum Gasteiger partial charge on any atom is 0.0747 e. The average Bonchev–Trinajstić information content (AvgIpc) is 2.90. The van der Waals surface area contributed by atoms with Gasteiger partial charge in [0.15, 0.2) is 0 Å². The van der Waals surface area contributed by atoms with Gasteiger partial charge in [-0.15, -0.1) is 0 Å². The van der Waals surface area contributed by atoms with E-state index >= 15 is 0 Å². The molecule has 1 aromatic carbocycles. The Hall–Kier alpha value is -2.92. The summed E-state index contributed by atoms with van der Waals surface area (Å²) in [5, 5.41) is 10.2. The summed E-state index contributed by atoms with van der Waals surface area (Å²) < 4.78 is 0. The highest BCUT2D eigenvalue weighted by atomic mass is 16.5. The Kier molecular flexibility index (Phi) is 10.8. The van der Waals surface area contributed by atoms with Crippen LogP contribution in [0.15, 0.2) is 55.4 Å². The monoisotopic (exact) mass is 448 g/mol. The van der Waals surface area contributed by atoms with E-state index in [1.807, 2.05) is 39.8 Å². The van der Waals surface area contributed by atoms with Gasteiger partial charge in [-0.2, -0.15) is 0 Å². The molecule has 0 amide bonds. The van der Waals surface area contributed by atoms with Crippen LogP contribution in [0.4, 0.5) is 5.69 Å². The van der Waals surface area contributed by atoms with Gasteiger partial charge in [0.1, 0.15) is 0 Å². The number of hydroxylamine groups is 1. The minimum absolute atomic E-state index is 0.429. The van der Waals surface area contributed by atoms with Gasteiger partial charge in [0, 0.05) is 47.7 Å². The molecule has 0 spiro atoms. The molecule has 1 saturated heterocycles. The third-order valence-electron chi connectivity index (χ3n) is 5.91. The van der Waals surface area contributed by atoms with Crippen molar-refractivity contribution in [2.75, 3.05) is 18.0 Å². The van der Waals surface area contributed by atoms with Crippen LogP contribution in [-0.4, -0.2) is 28.3 Å². The van der Waals surface area contributed by atoms with Gasteiger partial charge in [-0.05, 0) is 43.0 Å². The van der Waals surface area contributed by atoms with Gasteiger partial charge < -0.3 is 4.90 Å². The lowest BCUT2D eigenvalue weighted by Crippen LogP contribution is -2.33. The number of fused-ring (bicyclic) bond motifs is 1. The largest absolute Gasteiger partial charge is 0.372 e. The van der Waals surface area contributed by atoms with E-state index in [4.69, 9.17) is 4.98 Å². The number of nitrogens with zero attached hydrogens (tertiary/aromatic N) is 3. The molecule has 5 nitrogen and oxygen atoms in total. The second-order valence-electron chi connectivity index (χ2n) is 7.80. The van der Waals surface area contributed by atoms with Gasteiger partial charge >= 0.3 is 0 Å². The van der Waals surface area contributed by atoms with Crippen LogP contribution in [0.3, 0.4) is 0 Å². The summed E-state index contributed by atoms with van der Waals surface area (Å²) in [4.78, 5) is 11.5. The quantitative estimate of drug-likeness (QED) is 0.387. The normalized spacial score (nSPS) is 13.5. The summed E-state index contributed by atoms with van der Waals surface area (Å²) in [6, 6.07) is 12.4. The SMILES string of the molecule is C=C(NO)c1cc(-c2ccc(N3CCC(CCC)CC3)cc2)nc2ccncc12.CC.CC. The Balaban J connectivity index is 0.000000914. The number of anilines is 1. The molecule has 5 heteroatoms. The average molecular weight is 449 g/mol. The number of pyridine rings is 2. The highest BCUT2D eigenvalue weighted by molar-refractivity contribution is 5.92. The molecule has 2 N–H and O–H groups in total. The molecule has 0 saturated carbocycles. The molecular weight excluding hydrogens is 408 g/mol. The number of hydrogen-bond donors (Lipinski definition) is 2. The van der Waals surface area contributed by atoms with Crippen molar-refractivity contribution in [1.82, 2.24) is 15.4 Å². The zero-order valence-electron chi connectivity index (χ0n) is 20.9. The van der Waals surface area contributed by atoms with Crippen molar-refractivity contribution in [2.24, 2.45) is 5.92 Å². The first-order valence-electron chi connectivity index (χ1n) is 12.4. The predicted molar refractivity (Wildman–Crippen MR) is 141 cm³/mol. The molecule has 0 atom stereocenters. The molecular formula is C28H40N4O. The van der Waals surface area contributed by atoms with Crippen LogP contribution < -0.4 is 10.4 Å². The van der Waals surface area contributed by atoms with E-state index in [0.29, 0.717) is 5.70 Å². The van der Waals surface area contributed by atoms with E-state index in [-0.39, 0.29) is 0 Å². The van der Waals surface area contributed by atoms with Crippen LogP contribution >= 0.6 is 0 Å². The van der Waals surface area contributed by atoms with Crippen molar-refractivity contribution in [2.45, 2.75) is 60.3 Å². The Morgan fingerprint density at radius 3 is 2.36 bits per heavy atom. The highest BCUT2D eigenvalue weighted by Gasteiger charge is 2.19. The molecule has 0 unspecified atom stereocenters. The second-order valence-corrected chi connectivity index (χ2v) is 7.80. The number of piperidine rings is 1. The first-order chi connectivity index (χ1) is 16.2. The van der Waals surface area contributed by atoms with E-state index in [2.05, 4.69) is 53.1 Å².